The second-order valence-electron chi connectivity index (χ2n) is 8.14. The van der Waals surface area contributed by atoms with E-state index < -0.39 is 12.1 Å². The van der Waals surface area contributed by atoms with E-state index in [0.717, 1.165) is 25.7 Å². The lowest BCUT2D eigenvalue weighted by atomic mass is 9.76. The summed E-state index contributed by atoms with van der Waals surface area (Å²) in [5, 5.41) is 9.27. The molecule has 2 saturated heterocycles. The summed E-state index contributed by atoms with van der Waals surface area (Å²) >= 11 is 0. The van der Waals surface area contributed by atoms with E-state index in [4.69, 9.17) is 0 Å². The summed E-state index contributed by atoms with van der Waals surface area (Å²) < 4.78 is 0. The summed E-state index contributed by atoms with van der Waals surface area (Å²) in [6.45, 7) is 5.43. The van der Waals surface area contributed by atoms with Gasteiger partial charge in [0.15, 0.2) is 0 Å². The van der Waals surface area contributed by atoms with Crippen LogP contribution in [0.2, 0.25) is 0 Å². The molecule has 7 heteroatoms. The summed E-state index contributed by atoms with van der Waals surface area (Å²) in [6, 6.07) is -0.991. The molecule has 1 saturated carbocycles. The van der Waals surface area contributed by atoms with Crippen LogP contribution < -0.4 is 16.0 Å². The first-order chi connectivity index (χ1) is 11.9. The number of rotatable bonds is 2. The molecule has 3 rings (SSSR count). The molecule has 1 spiro atoms. The predicted octanol–water partition coefficient (Wildman–Crippen LogP) is 0.150. The highest BCUT2D eigenvalue weighted by molar-refractivity contribution is 5.93. The van der Waals surface area contributed by atoms with Gasteiger partial charge in [0.1, 0.15) is 12.1 Å². The first-order valence-electron chi connectivity index (χ1n) is 9.53. The van der Waals surface area contributed by atoms with Crippen molar-refractivity contribution in [2.45, 2.75) is 70.0 Å². The van der Waals surface area contributed by atoms with Gasteiger partial charge in [-0.15, -0.1) is 0 Å². The number of fused-ring (bicyclic) bond motifs is 1. The van der Waals surface area contributed by atoms with Crippen molar-refractivity contribution < 1.29 is 14.4 Å². The van der Waals surface area contributed by atoms with E-state index in [2.05, 4.69) is 16.0 Å². The zero-order chi connectivity index (χ0) is 18.0. The van der Waals surface area contributed by atoms with Gasteiger partial charge in [-0.05, 0) is 44.4 Å². The fraction of sp³-hybridized carbons (Fsp3) is 0.833. The largest absolute Gasteiger partial charge is 0.352 e. The van der Waals surface area contributed by atoms with Crippen molar-refractivity contribution in [2.24, 2.45) is 5.92 Å². The first-order valence-corrected chi connectivity index (χ1v) is 9.53. The third-order valence-corrected chi connectivity index (χ3v) is 5.74. The van der Waals surface area contributed by atoms with Crippen LogP contribution in [0.5, 0.6) is 0 Å². The van der Waals surface area contributed by atoms with Crippen LogP contribution in [0.1, 0.15) is 52.4 Å². The fourth-order valence-electron chi connectivity index (χ4n) is 4.07. The SMILES string of the molecule is CC(C)C[C@@H]1NC(=O)[C@@H]2CCCN2C(=O)CNC2(CCC2)CNC1=O. The second kappa shape index (κ2) is 7.32. The Hall–Kier alpha value is -1.63. The van der Waals surface area contributed by atoms with E-state index >= 15 is 0 Å². The van der Waals surface area contributed by atoms with Crippen molar-refractivity contribution in [3.63, 3.8) is 0 Å². The van der Waals surface area contributed by atoms with E-state index in [-0.39, 0.29) is 29.8 Å². The monoisotopic (exact) mass is 350 g/mol. The van der Waals surface area contributed by atoms with Gasteiger partial charge in [0, 0.05) is 18.6 Å². The van der Waals surface area contributed by atoms with Crippen molar-refractivity contribution in [2.75, 3.05) is 19.6 Å². The van der Waals surface area contributed by atoms with E-state index in [1.807, 2.05) is 13.8 Å². The molecular weight excluding hydrogens is 320 g/mol. The Labute approximate surface area is 149 Å². The molecule has 1 aliphatic carbocycles. The summed E-state index contributed by atoms with van der Waals surface area (Å²) in [5.74, 6) is -0.0468. The van der Waals surface area contributed by atoms with Gasteiger partial charge in [0.05, 0.1) is 6.54 Å². The van der Waals surface area contributed by atoms with Crippen molar-refractivity contribution in [1.29, 1.82) is 0 Å². The van der Waals surface area contributed by atoms with Crippen LogP contribution in [0.3, 0.4) is 0 Å². The molecule has 0 unspecified atom stereocenters. The summed E-state index contributed by atoms with van der Waals surface area (Å²) in [5.41, 5.74) is -0.174. The summed E-state index contributed by atoms with van der Waals surface area (Å²) in [6.07, 6.45) is 5.12. The zero-order valence-corrected chi connectivity index (χ0v) is 15.3. The maximum absolute atomic E-state index is 12.7. The standard InChI is InChI=1S/C18H30N4O3/c1-12(2)9-13-16(24)19-11-18(6-4-7-18)20-10-15(23)22-8-3-5-14(22)17(25)21-13/h12-14,20H,3-11H2,1-2H3,(H,19,24)(H,21,25)/t13-,14-/m0/s1. The number of hydrogen-bond donors (Lipinski definition) is 3. The molecule has 2 heterocycles. The maximum atomic E-state index is 12.7. The van der Waals surface area contributed by atoms with Gasteiger partial charge in [-0.25, -0.2) is 0 Å². The normalized spacial score (nSPS) is 30.2. The van der Waals surface area contributed by atoms with E-state index in [1.165, 1.54) is 0 Å². The Morgan fingerprint density at radius 2 is 1.92 bits per heavy atom. The van der Waals surface area contributed by atoms with Crippen molar-refractivity contribution in [1.82, 2.24) is 20.9 Å². The second-order valence-corrected chi connectivity index (χ2v) is 8.14. The van der Waals surface area contributed by atoms with E-state index in [9.17, 15) is 14.4 Å². The molecule has 0 aromatic heterocycles. The molecule has 0 radical (unpaired) electrons. The van der Waals surface area contributed by atoms with Gasteiger partial charge in [-0.1, -0.05) is 13.8 Å². The van der Waals surface area contributed by atoms with Crippen molar-refractivity contribution in [3.05, 3.63) is 0 Å². The Morgan fingerprint density at radius 3 is 2.56 bits per heavy atom. The van der Waals surface area contributed by atoms with Crippen LogP contribution in [0.15, 0.2) is 0 Å². The van der Waals surface area contributed by atoms with Gasteiger partial charge in [0.25, 0.3) is 0 Å². The predicted molar refractivity (Wildman–Crippen MR) is 93.7 cm³/mol. The van der Waals surface area contributed by atoms with Crippen LogP contribution in [0.4, 0.5) is 0 Å². The number of carbonyl (C=O) groups is 3. The Bertz CT molecular complexity index is 544. The zero-order valence-electron chi connectivity index (χ0n) is 15.3. The average Bonchev–Trinajstić information content (AvgIpc) is 3.00. The van der Waals surface area contributed by atoms with Gasteiger partial charge in [-0.2, -0.15) is 0 Å². The maximum Gasteiger partial charge on any atom is 0.243 e. The minimum Gasteiger partial charge on any atom is -0.352 e. The molecular formula is C18H30N4O3. The molecule has 7 nitrogen and oxygen atoms in total. The fourth-order valence-corrected chi connectivity index (χ4v) is 4.07. The minimum absolute atomic E-state index is 0.0174. The number of carbonyl (C=O) groups excluding carboxylic acids is 3. The van der Waals surface area contributed by atoms with Crippen LogP contribution in [0.25, 0.3) is 0 Å². The van der Waals surface area contributed by atoms with Crippen molar-refractivity contribution >= 4 is 17.7 Å². The first kappa shape index (κ1) is 18.2. The van der Waals surface area contributed by atoms with Gasteiger partial charge >= 0.3 is 0 Å². The van der Waals surface area contributed by atoms with Crippen LogP contribution in [0, 0.1) is 5.92 Å². The quantitative estimate of drug-likeness (QED) is 0.661. The van der Waals surface area contributed by atoms with E-state index in [0.29, 0.717) is 31.8 Å². The summed E-state index contributed by atoms with van der Waals surface area (Å²) in [7, 11) is 0. The van der Waals surface area contributed by atoms with Gasteiger partial charge in [-0.3, -0.25) is 14.4 Å². The molecule has 3 aliphatic rings. The van der Waals surface area contributed by atoms with E-state index in [1.54, 1.807) is 4.90 Å². The van der Waals surface area contributed by atoms with Gasteiger partial charge < -0.3 is 20.9 Å². The molecule has 0 bridgehead atoms. The van der Waals surface area contributed by atoms with Gasteiger partial charge in [0.2, 0.25) is 17.7 Å². The molecule has 2 aliphatic heterocycles. The number of hydrogen-bond acceptors (Lipinski definition) is 4. The lowest BCUT2D eigenvalue weighted by Crippen LogP contribution is -2.63. The Kier molecular flexibility index (Phi) is 5.32. The van der Waals surface area contributed by atoms with Crippen LogP contribution in [-0.2, 0) is 14.4 Å². The highest BCUT2D eigenvalue weighted by atomic mass is 16.2. The molecule has 3 amide bonds. The topological polar surface area (TPSA) is 90.5 Å². The molecule has 0 aromatic rings. The number of nitrogens with zero attached hydrogens (tertiary/aromatic N) is 1. The lowest BCUT2D eigenvalue weighted by molar-refractivity contribution is -0.140. The van der Waals surface area contributed by atoms with Crippen LogP contribution >= 0.6 is 0 Å². The lowest BCUT2D eigenvalue weighted by Gasteiger charge is -2.43. The Morgan fingerprint density at radius 1 is 1.16 bits per heavy atom. The smallest absolute Gasteiger partial charge is 0.243 e. The Balaban J connectivity index is 1.80. The molecule has 3 fully saturated rings. The van der Waals surface area contributed by atoms with Crippen LogP contribution in [-0.4, -0.2) is 59.9 Å². The molecule has 3 N–H and O–H groups in total. The van der Waals surface area contributed by atoms with Crippen molar-refractivity contribution in [3.8, 4) is 0 Å². The summed E-state index contributed by atoms with van der Waals surface area (Å²) in [4.78, 5) is 39.6. The average molecular weight is 350 g/mol. The highest BCUT2D eigenvalue weighted by Gasteiger charge is 2.41. The number of nitrogens with one attached hydrogen (secondary N) is 3. The third kappa shape index (κ3) is 3.97. The molecule has 2 atom stereocenters. The minimum atomic E-state index is -0.540. The molecule has 25 heavy (non-hydrogen) atoms. The third-order valence-electron chi connectivity index (χ3n) is 5.74. The molecule has 0 aromatic carbocycles. The molecule has 140 valence electrons. The number of amides is 3. The highest BCUT2D eigenvalue weighted by Crippen LogP contribution is 2.31.